The first-order valence-electron chi connectivity index (χ1n) is 15.8. The van der Waals surface area contributed by atoms with E-state index in [-0.39, 0.29) is 61.9 Å². The average molecular weight is 647 g/mol. The van der Waals surface area contributed by atoms with E-state index in [0.29, 0.717) is 0 Å². The van der Waals surface area contributed by atoms with E-state index in [4.69, 9.17) is 0 Å². The molecule has 1 fully saturated rings. The van der Waals surface area contributed by atoms with Gasteiger partial charge < -0.3 is 26.0 Å². The number of carboxylic acid groups (broad SMARTS) is 1. The summed E-state index contributed by atoms with van der Waals surface area (Å²) in [6, 6.07) is -2.26. The van der Waals surface area contributed by atoms with Crippen molar-refractivity contribution >= 4 is 41.4 Å². The molecule has 0 aromatic carbocycles. The largest absolute Gasteiger partial charge is 0.480 e. The Morgan fingerprint density at radius 2 is 1.70 bits per heavy atom. The molecular weight excluding hydrogens is 596 g/mol. The predicted octanol–water partition coefficient (Wildman–Crippen LogP) is 0.576. The molecular formula is C32H50N6O8. The molecule has 14 heteroatoms. The summed E-state index contributed by atoms with van der Waals surface area (Å²) in [5.41, 5.74) is -0.412. The number of amides is 6. The maximum Gasteiger partial charge on any atom is 0.326 e. The highest BCUT2D eigenvalue weighted by atomic mass is 16.4. The summed E-state index contributed by atoms with van der Waals surface area (Å²) in [5.74, 6) is -3.93. The fourth-order valence-corrected chi connectivity index (χ4v) is 5.27. The highest BCUT2D eigenvalue weighted by Gasteiger charge is 2.38. The Hall–Kier alpha value is -4.07. The molecule has 256 valence electrons. The molecule has 3 atom stereocenters. The first kappa shape index (κ1) is 38.1. The minimum absolute atomic E-state index is 0.00684. The lowest BCUT2D eigenvalue weighted by molar-refractivity contribution is -0.142. The maximum absolute atomic E-state index is 13.5. The van der Waals surface area contributed by atoms with Gasteiger partial charge in [0.1, 0.15) is 12.1 Å². The van der Waals surface area contributed by atoms with Crippen LogP contribution in [0.1, 0.15) is 73.6 Å². The summed E-state index contributed by atoms with van der Waals surface area (Å²) in [7, 11) is 1.57. The lowest BCUT2D eigenvalue weighted by atomic mass is 9.85. The standard InChI is InChI=1S/C32H50N6O8/c1-20(2)37-17-9-8-10-23(37)29(43)35-27(32(4,5)6)30(44)36(7)18-15-21(3)28(42)34-22(31(45)46)11-12-24(39)33-16-19-38-25(40)13-14-26(38)41/h13-15,20,22-23,27H,8-12,16-19H2,1-7H3,(H,33,39)(H,34,42)(H,35,43)(H,45,46)/b21-15+/t22-,23-,27?/m1/s1. The van der Waals surface area contributed by atoms with Gasteiger partial charge in [-0.25, -0.2) is 4.79 Å². The van der Waals surface area contributed by atoms with Crippen LogP contribution in [-0.2, 0) is 33.6 Å². The summed E-state index contributed by atoms with van der Waals surface area (Å²) in [5, 5.41) is 17.5. The summed E-state index contributed by atoms with van der Waals surface area (Å²) < 4.78 is 0. The second-order valence-electron chi connectivity index (χ2n) is 13.2. The van der Waals surface area contributed by atoms with Crippen LogP contribution in [-0.4, -0.2) is 119 Å². The number of likely N-dealkylation sites (tertiary alicyclic amines) is 1. The van der Waals surface area contributed by atoms with E-state index < -0.39 is 47.1 Å². The third-order valence-corrected chi connectivity index (χ3v) is 8.14. The minimum atomic E-state index is -1.35. The topological polar surface area (TPSA) is 186 Å². The van der Waals surface area contributed by atoms with Crippen LogP contribution in [0.25, 0.3) is 0 Å². The molecule has 2 heterocycles. The van der Waals surface area contributed by atoms with Gasteiger partial charge in [-0.1, -0.05) is 33.3 Å². The van der Waals surface area contributed by atoms with Crippen LogP contribution in [0.5, 0.6) is 0 Å². The van der Waals surface area contributed by atoms with Crippen LogP contribution < -0.4 is 16.0 Å². The minimum Gasteiger partial charge on any atom is -0.480 e. The van der Waals surface area contributed by atoms with Crippen LogP contribution in [0.15, 0.2) is 23.8 Å². The van der Waals surface area contributed by atoms with Gasteiger partial charge in [0.25, 0.3) is 11.8 Å². The van der Waals surface area contributed by atoms with E-state index in [1.54, 1.807) is 7.05 Å². The molecule has 6 amide bonds. The lowest BCUT2D eigenvalue weighted by Gasteiger charge is -2.40. The molecule has 2 aliphatic heterocycles. The molecule has 1 unspecified atom stereocenters. The molecule has 2 aliphatic rings. The summed E-state index contributed by atoms with van der Waals surface area (Å²) >= 11 is 0. The molecule has 4 N–H and O–H groups in total. The number of aliphatic carboxylic acids is 1. The summed E-state index contributed by atoms with van der Waals surface area (Å²) in [6.07, 6.45) is 6.06. The van der Waals surface area contributed by atoms with Crippen molar-refractivity contribution in [1.29, 1.82) is 0 Å². The van der Waals surface area contributed by atoms with E-state index in [0.717, 1.165) is 42.9 Å². The number of nitrogens with zero attached hydrogens (tertiary/aromatic N) is 3. The first-order valence-corrected chi connectivity index (χ1v) is 15.8. The molecule has 46 heavy (non-hydrogen) atoms. The van der Waals surface area contributed by atoms with Crippen LogP contribution in [0.2, 0.25) is 0 Å². The van der Waals surface area contributed by atoms with Crippen LogP contribution in [0.3, 0.4) is 0 Å². The van der Waals surface area contributed by atoms with Crippen molar-refractivity contribution in [2.24, 2.45) is 5.41 Å². The van der Waals surface area contributed by atoms with Gasteiger partial charge in [0, 0.05) is 56.9 Å². The Kier molecular flexibility index (Phi) is 14.1. The van der Waals surface area contributed by atoms with E-state index in [1.807, 2.05) is 20.8 Å². The molecule has 2 rings (SSSR count). The van der Waals surface area contributed by atoms with Gasteiger partial charge in [0.2, 0.25) is 23.6 Å². The first-order chi connectivity index (χ1) is 21.4. The zero-order valence-corrected chi connectivity index (χ0v) is 28.1. The van der Waals surface area contributed by atoms with Crippen LogP contribution in [0.4, 0.5) is 0 Å². The van der Waals surface area contributed by atoms with E-state index >= 15 is 0 Å². The molecule has 0 aromatic heterocycles. The second kappa shape index (κ2) is 17.0. The SMILES string of the molecule is C/C(=C\CN(C)C(=O)C(NC(=O)[C@H]1CCCCN1C(C)C)C(C)(C)C)C(=O)N[C@H](CCC(=O)NCCN1C(=O)C=CC1=O)C(=O)O. The molecule has 14 nitrogen and oxygen atoms in total. The molecule has 0 bridgehead atoms. The van der Waals surface area contributed by atoms with Crippen molar-refractivity contribution in [3.8, 4) is 0 Å². The van der Waals surface area contributed by atoms with Gasteiger partial charge in [-0.2, -0.15) is 0 Å². The highest BCUT2D eigenvalue weighted by molar-refractivity contribution is 6.12. The molecule has 0 aliphatic carbocycles. The lowest BCUT2D eigenvalue weighted by Crippen LogP contribution is -2.59. The fourth-order valence-electron chi connectivity index (χ4n) is 5.27. The number of nitrogens with one attached hydrogen (secondary N) is 3. The molecule has 0 saturated carbocycles. The number of carbonyl (C=O) groups excluding carboxylic acids is 6. The number of imide groups is 1. The third kappa shape index (κ3) is 11.1. The Morgan fingerprint density at radius 1 is 1.07 bits per heavy atom. The number of carboxylic acids is 1. The number of hydrogen-bond acceptors (Lipinski definition) is 8. The average Bonchev–Trinajstić information content (AvgIpc) is 3.31. The number of piperidine rings is 1. The monoisotopic (exact) mass is 646 g/mol. The Bertz CT molecular complexity index is 1220. The zero-order valence-electron chi connectivity index (χ0n) is 28.1. The van der Waals surface area contributed by atoms with Crippen molar-refractivity contribution in [1.82, 2.24) is 30.7 Å². The molecule has 0 spiro atoms. The number of likely N-dealkylation sites (N-methyl/N-ethyl adjacent to an activating group) is 1. The Labute approximate surface area is 271 Å². The van der Waals surface area contributed by atoms with Crippen molar-refractivity contribution in [3.05, 3.63) is 23.8 Å². The molecule has 0 aromatic rings. The van der Waals surface area contributed by atoms with Gasteiger partial charge in [0.05, 0.1) is 6.04 Å². The number of carbonyl (C=O) groups is 7. The van der Waals surface area contributed by atoms with Gasteiger partial charge in [-0.05, 0) is 52.0 Å². The predicted molar refractivity (Wildman–Crippen MR) is 170 cm³/mol. The zero-order chi connectivity index (χ0) is 34.8. The second-order valence-corrected chi connectivity index (χ2v) is 13.2. The van der Waals surface area contributed by atoms with Gasteiger partial charge in [-0.15, -0.1) is 0 Å². The summed E-state index contributed by atoms with van der Waals surface area (Å²) in [6.45, 7) is 12.1. The Balaban J connectivity index is 1.92. The highest BCUT2D eigenvalue weighted by Crippen LogP contribution is 2.24. The summed E-state index contributed by atoms with van der Waals surface area (Å²) in [4.78, 5) is 91.3. The van der Waals surface area contributed by atoms with E-state index in [9.17, 15) is 38.7 Å². The van der Waals surface area contributed by atoms with Crippen LogP contribution >= 0.6 is 0 Å². The maximum atomic E-state index is 13.5. The number of hydrogen-bond donors (Lipinski definition) is 4. The molecule has 1 saturated heterocycles. The van der Waals surface area contributed by atoms with Crippen molar-refractivity contribution < 1.29 is 38.7 Å². The van der Waals surface area contributed by atoms with E-state index in [1.165, 1.54) is 17.9 Å². The normalized spacial score (nSPS) is 18.7. The van der Waals surface area contributed by atoms with Crippen molar-refractivity contribution in [2.75, 3.05) is 33.2 Å². The van der Waals surface area contributed by atoms with E-state index in [2.05, 4.69) is 34.7 Å². The number of rotatable bonds is 15. The Morgan fingerprint density at radius 3 is 2.26 bits per heavy atom. The van der Waals surface area contributed by atoms with Crippen LogP contribution in [0, 0.1) is 5.41 Å². The van der Waals surface area contributed by atoms with Crippen molar-refractivity contribution in [3.63, 3.8) is 0 Å². The third-order valence-electron chi connectivity index (χ3n) is 8.14. The smallest absolute Gasteiger partial charge is 0.326 e. The van der Waals surface area contributed by atoms with Gasteiger partial charge in [0.15, 0.2) is 0 Å². The quantitative estimate of drug-likeness (QED) is 0.146. The van der Waals surface area contributed by atoms with Gasteiger partial charge in [-0.3, -0.25) is 38.6 Å². The van der Waals surface area contributed by atoms with Gasteiger partial charge >= 0.3 is 5.97 Å². The fraction of sp³-hybridized carbons (Fsp3) is 0.656. The molecule has 0 radical (unpaired) electrons. The van der Waals surface area contributed by atoms with Crippen molar-refractivity contribution in [2.45, 2.75) is 97.8 Å².